The summed E-state index contributed by atoms with van der Waals surface area (Å²) in [7, 11) is 0. The fraction of sp³-hybridized carbons (Fsp3) is 0.294. The van der Waals surface area contributed by atoms with Crippen molar-refractivity contribution < 1.29 is 23.1 Å². The Morgan fingerprint density at radius 3 is 2.57 bits per heavy atom. The molecule has 28 heavy (non-hydrogen) atoms. The van der Waals surface area contributed by atoms with Crippen LogP contribution in [0, 0.1) is 11.6 Å². The number of anilines is 2. The Hall–Kier alpha value is -2.95. The molecule has 0 aliphatic carbocycles. The van der Waals surface area contributed by atoms with Crippen molar-refractivity contribution in [3.8, 4) is 0 Å². The van der Waals surface area contributed by atoms with Gasteiger partial charge in [0.05, 0.1) is 6.61 Å². The number of benzene rings is 1. The fourth-order valence-corrected chi connectivity index (χ4v) is 2.96. The predicted octanol–water partition coefficient (Wildman–Crippen LogP) is 2.32. The summed E-state index contributed by atoms with van der Waals surface area (Å²) < 4.78 is 30.2. The Morgan fingerprint density at radius 1 is 1.32 bits per heavy atom. The van der Waals surface area contributed by atoms with E-state index >= 15 is 0 Å². The quantitative estimate of drug-likeness (QED) is 0.377. The molecule has 1 aromatic carbocycles. The van der Waals surface area contributed by atoms with E-state index in [0.29, 0.717) is 6.07 Å². The van der Waals surface area contributed by atoms with E-state index in [1.54, 1.807) is 20.8 Å². The topological polar surface area (TPSA) is 127 Å². The summed E-state index contributed by atoms with van der Waals surface area (Å²) >= 11 is 0.925. The number of nitrogen functional groups attached to an aromatic ring is 1. The smallest absolute Gasteiger partial charge is 0.322 e. The van der Waals surface area contributed by atoms with Gasteiger partial charge >= 0.3 is 5.97 Å². The van der Waals surface area contributed by atoms with Gasteiger partial charge in [-0.05, 0) is 39.0 Å². The summed E-state index contributed by atoms with van der Waals surface area (Å²) in [5.41, 5.74) is 4.41. The second-order valence-corrected chi connectivity index (χ2v) is 7.66. The van der Waals surface area contributed by atoms with Crippen LogP contribution in [0.1, 0.15) is 31.1 Å². The van der Waals surface area contributed by atoms with Crippen molar-refractivity contribution in [1.82, 2.24) is 9.97 Å². The van der Waals surface area contributed by atoms with E-state index in [1.807, 2.05) is 0 Å². The minimum Gasteiger partial charge on any atom is -0.465 e. The van der Waals surface area contributed by atoms with Gasteiger partial charge in [-0.1, -0.05) is 11.8 Å². The number of ether oxygens (including phenoxy) is 1. The third-order valence-corrected chi connectivity index (χ3v) is 4.53. The predicted molar refractivity (Wildman–Crippen MR) is 100 cm³/mol. The monoisotopic (exact) mass is 412 g/mol. The molecule has 0 saturated heterocycles. The third-order valence-electron chi connectivity index (χ3n) is 3.46. The molecule has 0 unspecified atom stereocenters. The van der Waals surface area contributed by atoms with Gasteiger partial charge in [0.25, 0.3) is 11.5 Å². The molecule has 0 atom stereocenters. The van der Waals surface area contributed by atoms with Crippen molar-refractivity contribution in [1.29, 1.82) is 0 Å². The average Bonchev–Trinajstić information content (AvgIpc) is 2.60. The Kier molecular flexibility index (Phi) is 6.39. The lowest BCUT2D eigenvalue weighted by atomic mass is 10.2. The number of halogens is 2. The van der Waals surface area contributed by atoms with E-state index in [2.05, 4.69) is 15.3 Å². The molecular formula is C17H18F2N4O4S. The minimum absolute atomic E-state index is 0.0476. The number of carbonyl (C=O) groups excluding carboxylic acids is 2. The maximum Gasteiger partial charge on any atom is 0.322 e. The third kappa shape index (κ3) is 4.85. The first-order valence-corrected chi connectivity index (χ1v) is 8.89. The van der Waals surface area contributed by atoms with E-state index in [-0.39, 0.29) is 28.8 Å². The Balaban J connectivity index is 2.24. The molecule has 0 bridgehead atoms. The van der Waals surface area contributed by atoms with Crippen LogP contribution in [0.15, 0.2) is 28.2 Å². The first-order chi connectivity index (χ1) is 13.0. The summed E-state index contributed by atoms with van der Waals surface area (Å²) in [5, 5.41) is 2.26. The number of amides is 1. The zero-order chi connectivity index (χ0) is 21.1. The Morgan fingerprint density at radius 2 is 2.00 bits per heavy atom. The standard InChI is InChI=1S/C17H18F2N4O4S/c1-4-27-15(26)17(2,3)28-16-22-12(20)11(14(25)23-16)21-13(24)8-5-6-9(18)10(19)7-8/h5-7H,4H2,1-3H3,(H,21,24)(H3,20,22,23,25). The Labute approximate surface area is 162 Å². The molecule has 1 heterocycles. The molecule has 11 heteroatoms. The van der Waals surface area contributed by atoms with Crippen LogP contribution in [0.4, 0.5) is 20.3 Å². The number of H-pyrrole nitrogens is 1. The lowest BCUT2D eigenvalue weighted by Gasteiger charge is -2.20. The number of thioether (sulfide) groups is 1. The summed E-state index contributed by atoms with van der Waals surface area (Å²) in [6.45, 7) is 5.04. The lowest BCUT2D eigenvalue weighted by molar-refractivity contribution is -0.145. The van der Waals surface area contributed by atoms with Crippen molar-refractivity contribution in [2.75, 3.05) is 17.7 Å². The molecule has 2 rings (SSSR count). The molecule has 150 valence electrons. The van der Waals surface area contributed by atoms with E-state index in [4.69, 9.17) is 10.5 Å². The minimum atomic E-state index is -1.21. The van der Waals surface area contributed by atoms with E-state index in [9.17, 15) is 23.2 Å². The summed E-state index contributed by atoms with van der Waals surface area (Å²) in [4.78, 5) is 42.8. The molecule has 4 N–H and O–H groups in total. The molecule has 0 saturated carbocycles. The average molecular weight is 412 g/mol. The summed E-state index contributed by atoms with van der Waals surface area (Å²) in [6.07, 6.45) is 0. The molecule has 0 aliphatic heterocycles. The molecule has 0 radical (unpaired) electrons. The van der Waals surface area contributed by atoms with E-state index in [1.165, 1.54) is 0 Å². The van der Waals surface area contributed by atoms with Gasteiger partial charge in [0, 0.05) is 5.56 Å². The summed E-state index contributed by atoms with van der Waals surface area (Å²) in [5.74, 6) is -3.99. The van der Waals surface area contributed by atoms with Crippen molar-refractivity contribution in [3.05, 3.63) is 45.8 Å². The number of nitrogens with two attached hydrogens (primary N) is 1. The van der Waals surface area contributed by atoms with Crippen LogP contribution >= 0.6 is 11.8 Å². The molecule has 0 aliphatic rings. The summed E-state index contributed by atoms with van der Waals surface area (Å²) in [6, 6.07) is 2.53. The SMILES string of the molecule is CCOC(=O)C(C)(C)Sc1nc(N)c(NC(=O)c2ccc(F)c(F)c2)c(=O)[nH]1. The number of nitrogens with one attached hydrogen (secondary N) is 2. The molecule has 1 amide bonds. The van der Waals surface area contributed by atoms with Gasteiger partial charge < -0.3 is 15.8 Å². The molecular weight excluding hydrogens is 394 g/mol. The van der Waals surface area contributed by atoms with Gasteiger partial charge in [-0.3, -0.25) is 19.4 Å². The Bertz CT molecular complexity index is 978. The van der Waals surface area contributed by atoms with Crippen LogP contribution in [0.2, 0.25) is 0 Å². The lowest BCUT2D eigenvalue weighted by Crippen LogP contribution is -2.31. The number of esters is 1. The van der Waals surface area contributed by atoms with Crippen molar-refractivity contribution in [2.24, 2.45) is 0 Å². The number of hydrogen-bond acceptors (Lipinski definition) is 7. The maximum absolute atomic E-state index is 13.3. The number of aromatic nitrogens is 2. The number of rotatable bonds is 6. The van der Waals surface area contributed by atoms with Crippen LogP contribution < -0.4 is 16.6 Å². The van der Waals surface area contributed by atoms with Crippen LogP contribution in [-0.4, -0.2) is 33.2 Å². The molecule has 8 nitrogen and oxygen atoms in total. The highest BCUT2D eigenvalue weighted by Gasteiger charge is 2.32. The van der Waals surface area contributed by atoms with Gasteiger partial charge in [0.2, 0.25) is 0 Å². The zero-order valence-electron chi connectivity index (χ0n) is 15.3. The van der Waals surface area contributed by atoms with E-state index in [0.717, 1.165) is 23.9 Å². The maximum atomic E-state index is 13.3. The molecule has 1 aromatic heterocycles. The normalized spacial score (nSPS) is 11.2. The highest BCUT2D eigenvalue weighted by atomic mass is 32.2. The molecule has 2 aromatic rings. The second-order valence-electron chi connectivity index (χ2n) is 6.05. The van der Waals surface area contributed by atoms with Gasteiger partial charge in [-0.2, -0.15) is 0 Å². The van der Waals surface area contributed by atoms with Crippen molar-refractivity contribution in [2.45, 2.75) is 30.7 Å². The van der Waals surface area contributed by atoms with Gasteiger partial charge in [0.1, 0.15) is 10.4 Å². The number of hydrogen-bond donors (Lipinski definition) is 3. The van der Waals surface area contributed by atoms with Gasteiger partial charge in [-0.25, -0.2) is 13.8 Å². The number of carbonyl (C=O) groups is 2. The van der Waals surface area contributed by atoms with Crippen LogP contribution in [0.25, 0.3) is 0 Å². The highest BCUT2D eigenvalue weighted by Crippen LogP contribution is 2.31. The highest BCUT2D eigenvalue weighted by molar-refractivity contribution is 8.01. The molecule has 0 spiro atoms. The number of nitrogens with zero attached hydrogens (tertiary/aromatic N) is 1. The van der Waals surface area contributed by atoms with Crippen LogP contribution in [0.3, 0.4) is 0 Å². The van der Waals surface area contributed by atoms with Crippen molar-refractivity contribution >= 4 is 35.1 Å². The fourth-order valence-electron chi connectivity index (χ4n) is 2.05. The number of aromatic amines is 1. The van der Waals surface area contributed by atoms with Crippen molar-refractivity contribution in [3.63, 3.8) is 0 Å². The first kappa shape index (κ1) is 21.4. The first-order valence-electron chi connectivity index (χ1n) is 8.07. The van der Waals surface area contributed by atoms with Crippen LogP contribution in [-0.2, 0) is 9.53 Å². The van der Waals surface area contributed by atoms with Gasteiger partial charge in [-0.15, -0.1) is 0 Å². The van der Waals surface area contributed by atoms with E-state index < -0.39 is 33.8 Å². The molecule has 0 fully saturated rings. The van der Waals surface area contributed by atoms with Crippen LogP contribution in [0.5, 0.6) is 0 Å². The largest absolute Gasteiger partial charge is 0.465 e. The zero-order valence-corrected chi connectivity index (χ0v) is 16.1. The van der Waals surface area contributed by atoms with Gasteiger partial charge in [0.15, 0.2) is 22.6 Å². The second kappa shape index (κ2) is 8.38.